The molecule has 7 atom stereocenters. The molecule has 1 unspecified atom stereocenters. The molecule has 696 valence electrons. The van der Waals surface area contributed by atoms with Crippen LogP contribution in [0.5, 0.6) is 23.0 Å². The summed E-state index contributed by atoms with van der Waals surface area (Å²) in [6, 6.07) is 44.5. The van der Waals surface area contributed by atoms with Gasteiger partial charge in [0, 0.05) is 100 Å². The zero-order valence-electron chi connectivity index (χ0n) is 77.4. The number of nitrogen functional groups attached to an aromatic ring is 1. The van der Waals surface area contributed by atoms with Crippen molar-refractivity contribution in [3.8, 4) is 23.0 Å². The third-order valence-electron chi connectivity index (χ3n) is 20.2. The van der Waals surface area contributed by atoms with Crippen molar-refractivity contribution in [2.45, 2.75) is 178 Å². The second-order valence-electron chi connectivity index (χ2n) is 33.6. The van der Waals surface area contributed by atoms with Crippen LogP contribution in [0.4, 0.5) is 26.3 Å². The number of nitrogens with one attached hydrogen (secondary N) is 4. The highest BCUT2D eigenvalue weighted by molar-refractivity contribution is 7.15. The molecule has 0 radical (unpaired) electrons. The number of nitrogens with two attached hydrogens (primary N) is 1. The number of methoxy groups -OCH3 is 6. The summed E-state index contributed by atoms with van der Waals surface area (Å²) >= 11 is 11.7. The number of hydrazine groups is 2. The minimum atomic E-state index is -5.15. The summed E-state index contributed by atoms with van der Waals surface area (Å²) in [5, 5.41) is 6.12. The maximum Gasteiger partial charge on any atom is 0.431 e. The average molecular weight is 1830 g/mol. The van der Waals surface area contributed by atoms with Crippen LogP contribution in [0.25, 0.3) is 0 Å². The van der Waals surface area contributed by atoms with Gasteiger partial charge in [0.15, 0.2) is 0 Å². The minimum absolute atomic E-state index is 0.0512. The first-order valence-electron chi connectivity index (χ1n) is 40.4. The van der Waals surface area contributed by atoms with Crippen LogP contribution in [0.3, 0.4) is 0 Å². The number of carbonyl (C=O) groups is 7. The van der Waals surface area contributed by atoms with E-state index < -0.39 is 65.4 Å². The molecule has 6 N–H and O–H groups in total. The van der Waals surface area contributed by atoms with E-state index in [1.54, 1.807) is 97.7 Å². The largest absolute Gasteiger partial charge is 0.496 e. The van der Waals surface area contributed by atoms with Crippen LogP contribution in [-0.4, -0.2) is 145 Å². The number of benzene rings is 7. The van der Waals surface area contributed by atoms with Gasteiger partial charge in [0.1, 0.15) is 29.3 Å². The predicted octanol–water partition coefficient (Wildman–Crippen LogP) is 20.4. The molecule has 0 spiro atoms. The third-order valence-corrected chi connectivity index (χ3v) is 24.8. The van der Waals surface area contributed by atoms with Crippen molar-refractivity contribution >= 4 is 77.7 Å². The molecule has 1 saturated heterocycles. The Morgan fingerprint density at radius 2 is 0.906 bits per heavy atom. The number of ether oxygens (including phenoxy) is 6. The van der Waals surface area contributed by atoms with Crippen molar-refractivity contribution < 1.29 is 92.8 Å². The second-order valence-corrected chi connectivity index (χ2v) is 38.5. The molecule has 31 heteroatoms. The summed E-state index contributed by atoms with van der Waals surface area (Å²) in [5.41, 5.74) is 5.07. The van der Waals surface area contributed by atoms with Crippen molar-refractivity contribution in [3.63, 3.8) is 0 Å². The summed E-state index contributed by atoms with van der Waals surface area (Å²) in [6.07, 6.45) is -1.08. The van der Waals surface area contributed by atoms with Crippen molar-refractivity contribution in [2.24, 2.45) is 38.5 Å². The van der Waals surface area contributed by atoms with Crippen molar-refractivity contribution in [3.05, 3.63) is 263 Å². The van der Waals surface area contributed by atoms with E-state index in [1.165, 1.54) is 73.3 Å². The monoisotopic (exact) mass is 1830 g/mol. The number of allylic oxidation sites excluding steroid dienone is 2. The fourth-order valence-electron chi connectivity index (χ4n) is 12.6. The van der Waals surface area contributed by atoms with Gasteiger partial charge in [0.05, 0.1) is 40.6 Å². The Balaban J connectivity index is 0.000000526. The Bertz CT molecular complexity index is 4760. The third kappa shape index (κ3) is 32.0. The van der Waals surface area contributed by atoms with E-state index in [2.05, 4.69) is 103 Å². The molecule has 1 aliphatic rings. The zero-order chi connectivity index (χ0) is 97.0. The fourth-order valence-corrected chi connectivity index (χ4v) is 16.4. The Kier molecular flexibility index (Phi) is 45.1. The zero-order valence-corrected chi connectivity index (χ0v) is 79.9. The molecule has 8 rings (SSSR count). The Labute approximate surface area is 756 Å². The molecule has 1 heterocycles. The Hall–Kier alpha value is -10.5. The number of halogens is 8. The molecule has 1 fully saturated rings. The van der Waals surface area contributed by atoms with E-state index in [9.17, 15) is 59.9 Å². The number of hydrogen-bond acceptors (Lipinski definition) is 17. The lowest BCUT2D eigenvalue weighted by Gasteiger charge is -2.44. The number of likely N-dealkylation sites (N-methyl/N-ethyl adjacent to an activating group) is 1. The smallest absolute Gasteiger partial charge is 0.431 e. The number of aldehydes is 1. The van der Waals surface area contributed by atoms with Crippen LogP contribution in [0.15, 0.2) is 207 Å². The van der Waals surface area contributed by atoms with Crippen molar-refractivity contribution in [2.75, 3.05) is 56.3 Å². The van der Waals surface area contributed by atoms with Gasteiger partial charge in [0.2, 0.25) is 0 Å². The molecule has 0 aromatic heterocycles. The quantitative estimate of drug-likeness (QED) is 0.00340. The highest BCUT2D eigenvalue weighted by atomic mass is 35.6. The number of carbonyl (C=O) groups excluding carboxylic acids is 7. The van der Waals surface area contributed by atoms with Crippen LogP contribution in [0, 0.1) is 55.3 Å². The van der Waals surface area contributed by atoms with Gasteiger partial charge in [-0.1, -0.05) is 217 Å². The summed E-state index contributed by atoms with van der Waals surface area (Å²) < 4.78 is 121. The summed E-state index contributed by atoms with van der Waals surface area (Å²) in [6.45, 7) is 44.8. The molecule has 127 heavy (non-hydrogen) atoms. The first-order chi connectivity index (χ1) is 59.1. The number of alkyl halides is 6. The highest BCUT2D eigenvalue weighted by Crippen LogP contribution is 2.47. The molecule has 7 aromatic carbocycles. The lowest BCUT2D eigenvalue weighted by molar-refractivity contribution is -0.273. The van der Waals surface area contributed by atoms with Crippen LogP contribution in [0.1, 0.15) is 189 Å². The maximum absolute atomic E-state index is 14.7. The summed E-state index contributed by atoms with van der Waals surface area (Å²) in [5.74, 6) is 5.10. The van der Waals surface area contributed by atoms with E-state index in [0.29, 0.717) is 58.0 Å². The average Bonchev–Trinajstić information content (AvgIpc) is 1.15. The number of amides is 5. The molecule has 1 aliphatic heterocycles. The van der Waals surface area contributed by atoms with Crippen LogP contribution in [0.2, 0.25) is 6.04 Å². The van der Waals surface area contributed by atoms with Gasteiger partial charge in [-0.3, -0.25) is 44.2 Å². The summed E-state index contributed by atoms with van der Waals surface area (Å²) in [7, 11) is 7.56. The van der Waals surface area contributed by atoms with Crippen molar-refractivity contribution in [1.29, 1.82) is 0 Å². The maximum atomic E-state index is 14.7. The summed E-state index contributed by atoms with van der Waals surface area (Å²) in [4.78, 5) is 83.8. The van der Waals surface area contributed by atoms with Gasteiger partial charge in [0.25, 0.3) is 46.0 Å². The van der Waals surface area contributed by atoms with E-state index in [0.717, 1.165) is 72.6 Å². The van der Waals surface area contributed by atoms with E-state index in [-0.39, 0.29) is 57.6 Å². The number of hydrogen-bond donors (Lipinski definition) is 5. The standard InChI is InChI=1S/C27H33F3N2O4.C18H27NO2.C14H20N2O2.C13H18ClNOSi.C10H8ClF3O2.C9H12N2O2.C5H10O/c1-8-13-22(25(3,4)5)32(31-23(33)20-16-12-17-21(35-6)18(20)2)24(34)26(36-7,27(28,29)30)19-14-10-9-11-15-19;1-7-9-14(18(3,4)5)12-19-17(20)15-10-8-11-16(21-6)13(15)2;1-10-11(7-6-8-12(10)18-5)13(17)16-15-9-14(2,3)4;1-4-10-17(14)15(3)11(2)13(16-17)12-8-6-5-7-9-12;1-16-9(8(11)15,10(12,13)14)7-5-3-2-4-6-7;1-6-7(9(12)11-10)4-3-5-8(6)13-2;1-5(2,3)4-6/h8-12,14-17,22H,1,13H2,2-7H3,(H,31,33);7-8,10-11,14H,1,9,12H2,2-6H3,(H,19,20);6-9H,1-5H3,(H,16,17);4-9,11,13H,1,10H2,2-3H3;2-6H,1H3;3-5H,10H2,1-2H3,(H,11,12);4H,1-3H3/t22-,26+;14-;;11-,13+,17?;9-;;/m10.00../s1. The Morgan fingerprint density at radius 1 is 0.535 bits per heavy atom. The van der Waals surface area contributed by atoms with Gasteiger partial charge in [-0.15, -0.1) is 30.8 Å². The molecule has 0 bridgehead atoms. The van der Waals surface area contributed by atoms with Gasteiger partial charge in [-0.25, -0.2) is 16.3 Å². The predicted molar refractivity (Wildman–Crippen MR) is 493 cm³/mol. The SMILES string of the molecule is C=CC[C@@H](CNC(=O)c1cccc(OC)c1C)C(C)(C)C.C=CC[C@@H](N(NC(=O)c1cccc(OC)c1C)C(=O)[C@@](OC)(c1ccccc1)C(F)(F)F)C(C)(C)C.C=CC[Si]1(Cl)O[C@@H](c2ccccc2)[C@H](C)N1C.CC(C)(C)C=O.CO[C@](C(=O)Cl)(c1ccccc1)C(F)(F)F.COc1cccc(C(=O)NN)c1C.COc1cccc(C(=O)NN=CC(C)(C)C)c1C. The number of nitrogens with zero attached hydrogens (tertiary/aromatic N) is 3. The second kappa shape index (κ2) is 50.9. The molecule has 5 amide bonds. The highest BCUT2D eigenvalue weighted by Gasteiger charge is 2.65. The van der Waals surface area contributed by atoms with Crippen molar-refractivity contribution in [1.82, 2.24) is 31.2 Å². The molecule has 7 aromatic rings. The number of hydrazone groups is 1. The van der Waals surface area contributed by atoms with Crippen LogP contribution in [-0.2, 0) is 39.5 Å². The topological polar surface area (TPSA) is 277 Å². The fraction of sp³-hybridized carbons (Fsp3) is 0.417. The van der Waals surface area contributed by atoms with Crippen LogP contribution >= 0.6 is 22.7 Å². The first-order valence-corrected chi connectivity index (χ1v) is 43.9. The Morgan fingerprint density at radius 3 is 1.23 bits per heavy atom. The van der Waals surface area contributed by atoms with E-state index >= 15 is 0 Å². The molecule has 0 aliphatic carbocycles. The number of rotatable bonds is 25. The molecule has 22 nitrogen and oxygen atoms in total. The van der Waals surface area contributed by atoms with Gasteiger partial charge >= 0.3 is 20.1 Å². The molecule has 0 saturated carbocycles. The normalized spacial score (nSPS) is 15.8. The van der Waals surface area contributed by atoms with Gasteiger partial charge in [-0.05, 0) is 142 Å². The lowest BCUT2D eigenvalue weighted by Crippen LogP contribution is -2.65. The van der Waals surface area contributed by atoms with Crippen LogP contribution < -0.4 is 46.4 Å². The lowest BCUT2D eigenvalue weighted by atomic mass is 9.78. The minimum Gasteiger partial charge on any atom is -0.496 e. The first kappa shape index (κ1) is 113. The molecular weight excluding hydrogens is 1700 g/mol. The van der Waals surface area contributed by atoms with E-state index in [4.69, 9.17) is 56.6 Å². The molecular formula is C96H128Cl2F6N8O14Si. The van der Waals surface area contributed by atoms with Gasteiger partial charge in [-0.2, -0.15) is 31.4 Å². The van der Waals surface area contributed by atoms with Gasteiger partial charge < -0.3 is 43.0 Å². The van der Waals surface area contributed by atoms with E-state index in [1.807, 2.05) is 117 Å².